The van der Waals surface area contributed by atoms with Crippen molar-refractivity contribution in [2.24, 2.45) is 11.8 Å². The Labute approximate surface area is 173 Å². The Balaban J connectivity index is 1.84. The van der Waals surface area contributed by atoms with Gasteiger partial charge < -0.3 is 10.1 Å². The number of nitrogens with zero attached hydrogens (tertiary/aromatic N) is 1. The van der Waals surface area contributed by atoms with Crippen LogP contribution in [0.2, 0.25) is 0 Å². The molecule has 29 heavy (non-hydrogen) atoms. The van der Waals surface area contributed by atoms with E-state index < -0.39 is 28.0 Å². The van der Waals surface area contributed by atoms with Crippen LogP contribution >= 0.6 is 0 Å². The number of benzene rings is 1. The van der Waals surface area contributed by atoms with Crippen LogP contribution in [0, 0.1) is 11.8 Å². The summed E-state index contributed by atoms with van der Waals surface area (Å²) in [6, 6.07) is 9.20. The Kier molecular flexibility index (Phi) is 8.40. The minimum absolute atomic E-state index is 0.245. The number of nitrogens with one attached hydrogen (secondary N) is 1. The van der Waals surface area contributed by atoms with Crippen LogP contribution in [0.1, 0.15) is 39.2 Å². The molecule has 160 valence electrons. The van der Waals surface area contributed by atoms with E-state index in [-0.39, 0.29) is 19.0 Å². The second kappa shape index (κ2) is 10.5. The number of ether oxygens (including phenoxy) is 1. The molecule has 0 unspecified atom stereocenters. The molecule has 1 N–H and O–H groups in total. The SMILES string of the molecule is CC(C)CNC(=O)[C@@H](C)OC(=O)C1CCN(S(=O)(=O)/C=C/c2ccccc2)CC1. The number of rotatable bonds is 8. The number of hydrogen-bond acceptors (Lipinski definition) is 5. The quantitative estimate of drug-likeness (QED) is 0.650. The molecule has 1 aromatic carbocycles. The van der Waals surface area contributed by atoms with E-state index in [1.165, 1.54) is 9.71 Å². The van der Waals surface area contributed by atoms with Gasteiger partial charge in [0.15, 0.2) is 6.10 Å². The number of hydrogen-bond donors (Lipinski definition) is 1. The maximum atomic E-state index is 12.5. The van der Waals surface area contributed by atoms with Crippen molar-refractivity contribution in [2.75, 3.05) is 19.6 Å². The van der Waals surface area contributed by atoms with Crippen molar-refractivity contribution in [3.63, 3.8) is 0 Å². The van der Waals surface area contributed by atoms with Gasteiger partial charge in [-0.1, -0.05) is 44.2 Å². The number of piperidine rings is 1. The van der Waals surface area contributed by atoms with Gasteiger partial charge in [0.1, 0.15) is 0 Å². The standard InChI is InChI=1S/C21H30N2O5S/c1-16(2)15-22-20(24)17(3)28-21(25)19-9-12-23(13-10-19)29(26,27)14-11-18-7-5-4-6-8-18/h4-8,11,14,16-17,19H,9-10,12-13,15H2,1-3H3,(H,22,24)/b14-11+/t17-/m1/s1. The van der Waals surface area contributed by atoms with Crippen LogP contribution in [0.25, 0.3) is 6.08 Å². The fourth-order valence-corrected chi connectivity index (χ4v) is 4.15. The molecule has 1 amide bonds. The summed E-state index contributed by atoms with van der Waals surface area (Å²) in [6.07, 6.45) is 1.44. The molecule has 7 nitrogen and oxygen atoms in total. The van der Waals surface area contributed by atoms with Gasteiger partial charge >= 0.3 is 5.97 Å². The summed E-state index contributed by atoms with van der Waals surface area (Å²) in [4.78, 5) is 24.3. The molecule has 0 spiro atoms. The summed E-state index contributed by atoms with van der Waals surface area (Å²) in [7, 11) is -3.55. The molecule has 0 aliphatic carbocycles. The minimum Gasteiger partial charge on any atom is -0.452 e. The minimum atomic E-state index is -3.55. The van der Waals surface area contributed by atoms with Crippen LogP contribution in [0.15, 0.2) is 35.7 Å². The second-order valence-corrected chi connectivity index (χ2v) is 9.47. The summed E-state index contributed by atoms with van der Waals surface area (Å²) >= 11 is 0. The molecular weight excluding hydrogens is 392 g/mol. The lowest BCUT2D eigenvalue weighted by molar-refractivity contribution is -0.159. The Morgan fingerprint density at radius 2 is 1.79 bits per heavy atom. The third kappa shape index (κ3) is 7.29. The molecule has 1 aliphatic heterocycles. The summed E-state index contributed by atoms with van der Waals surface area (Å²) in [5.41, 5.74) is 0.805. The van der Waals surface area contributed by atoms with Gasteiger partial charge in [-0.05, 0) is 37.3 Å². The predicted octanol–water partition coefficient (Wildman–Crippen LogP) is 2.40. The maximum absolute atomic E-state index is 12.5. The zero-order valence-corrected chi connectivity index (χ0v) is 18.0. The van der Waals surface area contributed by atoms with Crippen molar-refractivity contribution >= 4 is 28.0 Å². The van der Waals surface area contributed by atoms with E-state index in [0.717, 1.165) is 5.56 Å². The summed E-state index contributed by atoms with van der Waals surface area (Å²) in [5.74, 6) is -0.865. The highest BCUT2D eigenvalue weighted by atomic mass is 32.2. The van der Waals surface area contributed by atoms with E-state index in [0.29, 0.717) is 25.3 Å². The van der Waals surface area contributed by atoms with Crippen LogP contribution in [0.4, 0.5) is 0 Å². The van der Waals surface area contributed by atoms with Crippen LogP contribution in [-0.4, -0.2) is 50.3 Å². The van der Waals surface area contributed by atoms with E-state index in [1.807, 2.05) is 44.2 Å². The molecule has 8 heteroatoms. The predicted molar refractivity (Wildman–Crippen MR) is 112 cm³/mol. The molecule has 1 heterocycles. The van der Waals surface area contributed by atoms with Crippen LogP contribution < -0.4 is 5.32 Å². The molecule has 1 saturated heterocycles. The van der Waals surface area contributed by atoms with E-state index >= 15 is 0 Å². The lowest BCUT2D eigenvalue weighted by Gasteiger charge is -2.29. The molecule has 0 radical (unpaired) electrons. The average molecular weight is 423 g/mol. The first-order valence-electron chi connectivity index (χ1n) is 9.90. The Hall–Kier alpha value is -2.19. The molecule has 1 atom stereocenters. The van der Waals surface area contributed by atoms with Crippen molar-refractivity contribution in [1.82, 2.24) is 9.62 Å². The fraction of sp³-hybridized carbons (Fsp3) is 0.524. The maximum Gasteiger partial charge on any atom is 0.309 e. The molecule has 1 aliphatic rings. The third-order valence-electron chi connectivity index (χ3n) is 4.73. The monoisotopic (exact) mass is 422 g/mol. The first-order chi connectivity index (χ1) is 13.7. The van der Waals surface area contributed by atoms with E-state index in [2.05, 4.69) is 5.32 Å². The number of carbonyl (C=O) groups excluding carboxylic acids is 2. The van der Waals surface area contributed by atoms with Gasteiger partial charge in [0, 0.05) is 25.0 Å². The third-order valence-corrected chi connectivity index (χ3v) is 6.29. The zero-order chi connectivity index (χ0) is 21.4. The number of amides is 1. The first kappa shape index (κ1) is 23.1. The summed E-state index contributed by atoms with van der Waals surface area (Å²) in [5, 5.41) is 3.93. The van der Waals surface area contributed by atoms with Gasteiger partial charge in [0.25, 0.3) is 5.91 Å². The van der Waals surface area contributed by atoms with Gasteiger partial charge in [-0.3, -0.25) is 9.59 Å². The van der Waals surface area contributed by atoms with Crippen molar-refractivity contribution in [3.8, 4) is 0 Å². The first-order valence-corrected chi connectivity index (χ1v) is 11.4. The highest BCUT2D eigenvalue weighted by molar-refractivity contribution is 7.92. The van der Waals surface area contributed by atoms with Crippen molar-refractivity contribution in [2.45, 2.75) is 39.7 Å². The van der Waals surface area contributed by atoms with Gasteiger partial charge in [0.2, 0.25) is 10.0 Å². The Morgan fingerprint density at radius 3 is 2.38 bits per heavy atom. The highest BCUT2D eigenvalue weighted by Gasteiger charge is 2.32. The number of carbonyl (C=O) groups is 2. The largest absolute Gasteiger partial charge is 0.452 e. The molecule has 1 fully saturated rings. The van der Waals surface area contributed by atoms with Gasteiger partial charge in [-0.25, -0.2) is 8.42 Å². The lowest BCUT2D eigenvalue weighted by atomic mass is 9.98. The summed E-state index contributed by atoms with van der Waals surface area (Å²) in [6.45, 7) is 6.51. The van der Waals surface area contributed by atoms with E-state index in [9.17, 15) is 18.0 Å². The van der Waals surface area contributed by atoms with Gasteiger partial charge in [-0.2, -0.15) is 4.31 Å². The van der Waals surface area contributed by atoms with Gasteiger partial charge in [-0.15, -0.1) is 0 Å². The topological polar surface area (TPSA) is 92.8 Å². The second-order valence-electron chi connectivity index (χ2n) is 7.65. The molecular formula is C21H30N2O5S. The van der Waals surface area contributed by atoms with Crippen molar-refractivity contribution in [1.29, 1.82) is 0 Å². The molecule has 0 bridgehead atoms. The van der Waals surface area contributed by atoms with E-state index in [1.54, 1.807) is 13.0 Å². The molecule has 0 saturated carbocycles. The summed E-state index contributed by atoms with van der Waals surface area (Å²) < 4.78 is 31.6. The van der Waals surface area contributed by atoms with Crippen molar-refractivity contribution in [3.05, 3.63) is 41.3 Å². The normalized spacial score (nSPS) is 17.4. The lowest BCUT2D eigenvalue weighted by Crippen LogP contribution is -2.42. The van der Waals surface area contributed by atoms with Crippen LogP contribution in [-0.2, 0) is 24.3 Å². The van der Waals surface area contributed by atoms with Gasteiger partial charge in [0.05, 0.1) is 5.92 Å². The molecule has 2 rings (SSSR count). The Bertz CT molecular complexity index is 813. The van der Waals surface area contributed by atoms with Crippen LogP contribution in [0.3, 0.4) is 0 Å². The Morgan fingerprint density at radius 1 is 1.17 bits per heavy atom. The zero-order valence-electron chi connectivity index (χ0n) is 17.2. The fourth-order valence-electron chi connectivity index (χ4n) is 2.93. The van der Waals surface area contributed by atoms with Crippen molar-refractivity contribution < 1.29 is 22.7 Å². The van der Waals surface area contributed by atoms with Crippen LogP contribution in [0.5, 0.6) is 0 Å². The smallest absolute Gasteiger partial charge is 0.309 e. The average Bonchev–Trinajstić information content (AvgIpc) is 2.71. The highest BCUT2D eigenvalue weighted by Crippen LogP contribution is 2.22. The number of sulfonamides is 1. The number of esters is 1. The molecule has 1 aromatic rings. The van der Waals surface area contributed by atoms with E-state index in [4.69, 9.17) is 4.74 Å². The molecule has 0 aromatic heterocycles.